The predicted molar refractivity (Wildman–Crippen MR) is 89.9 cm³/mol. The Labute approximate surface area is 143 Å². The van der Waals surface area contributed by atoms with Crippen LogP contribution >= 0.6 is 0 Å². The van der Waals surface area contributed by atoms with Gasteiger partial charge in [0, 0.05) is 12.0 Å². The number of halogens is 2. The van der Waals surface area contributed by atoms with E-state index in [4.69, 9.17) is 0 Å². The predicted octanol–water partition coefficient (Wildman–Crippen LogP) is 4.28. The Morgan fingerprint density at radius 2 is 1.84 bits per heavy atom. The minimum absolute atomic E-state index is 0.0693. The van der Waals surface area contributed by atoms with Crippen LogP contribution in [0, 0.1) is 11.6 Å². The number of nitrogens with zero attached hydrogens (tertiary/aromatic N) is 2. The van der Waals surface area contributed by atoms with Crippen molar-refractivity contribution < 1.29 is 13.6 Å². The Bertz CT molecular complexity index is 933. The molecule has 2 aromatic carbocycles. The quantitative estimate of drug-likeness (QED) is 0.771. The normalized spacial score (nSPS) is 13.7. The standard InChI is InChI=1S/C19H15F2N3O/c20-13-8-9-16(15(21)10-13)22-19(25)18-11-17(12-6-7-12)23-24(18)14-4-2-1-3-5-14/h1-5,8-12H,6-7H2,(H,22,25). The maximum Gasteiger partial charge on any atom is 0.274 e. The van der Waals surface area contributed by atoms with E-state index in [9.17, 15) is 13.6 Å². The number of anilines is 1. The van der Waals surface area contributed by atoms with Gasteiger partial charge in [0.2, 0.25) is 0 Å². The maximum absolute atomic E-state index is 13.8. The molecule has 1 aromatic heterocycles. The Hall–Kier alpha value is -3.02. The molecule has 0 aliphatic heterocycles. The smallest absolute Gasteiger partial charge is 0.274 e. The van der Waals surface area contributed by atoms with Gasteiger partial charge in [0.25, 0.3) is 5.91 Å². The molecule has 0 saturated heterocycles. The monoisotopic (exact) mass is 339 g/mol. The Kier molecular flexibility index (Phi) is 3.80. The van der Waals surface area contributed by atoms with Gasteiger partial charge in [0.1, 0.15) is 17.3 Å². The zero-order chi connectivity index (χ0) is 17.4. The summed E-state index contributed by atoms with van der Waals surface area (Å²) in [4.78, 5) is 12.7. The fraction of sp³-hybridized carbons (Fsp3) is 0.158. The summed E-state index contributed by atoms with van der Waals surface area (Å²) in [5.41, 5.74) is 1.85. The van der Waals surface area contributed by atoms with Crippen molar-refractivity contribution in [2.75, 3.05) is 5.32 Å². The zero-order valence-electron chi connectivity index (χ0n) is 13.2. The van der Waals surface area contributed by atoms with E-state index in [-0.39, 0.29) is 5.69 Å². The summed E-state index contributed by atoms with van der Waals surface area (Å²) in [5, 5.41) is 7.04. The number of nitrogens with one attached hydrogen (secondary N) is 1. The lowest BCUT2D eigenvalue weighted by molar-refractivity contribution is 0.101. The largest absolute Gasteiger partial charge is 0.318 e. The van der Waals surface area contributed by atoms with Crippen molar-refractivity contribution in [2.45, 2.75) is 18.8 Å². The molecule has 126 valence electrons. The summed E-state index contributed by atoms with van der Waals surface area (Å²) in [6.45, 7) is 0. The number of para-hydroxylation sites is 1. The molecular formula is C19H15F2N3O. The van der Waals surface area contributed by atoms with Gasteiger partial charge in [-0.2, -0.15) is 5.10 Å². The lowest BCUT2D eigenvalue weighted by atomic mass is 10.2. The highest BCUT2D eigenvalue weighted by atomic mass is 19.1. The van der Waals surface area contributed by atoms with Crippen molar-refractivity contribution >= 4 is 11.6 Å². The molecule has 0 atom stereocenters. The highest BCUT2D eigenvalue weighted by Crippen LogP contribution is 2.39. The summed E-state index contributed by atoms with van der Waals surface area (Å²) in [6.07, 6.45) is 2.11. The van der Waals surface area contributed by atoms with Crippen LogP contribution in [-0.4, -0.2) is 15.7 Å². The van der Waals surface area contributed by atoms with Gasteiger partial charge < -0.3 is 5.32 Å². The van der Waals surface area contributed by atoms with E-state index in [0.717, 1.165) is 36.4 Å². The van der Waals surface area contributed by atoms with E-state index < -0.39 is 17.5 Å². The van der Waals surface area contributed by atoms with Crippen molar-refractivity contribution in [2.24, 2.45) is 0 Å². The van der Waals surface area contributed by atoms with Crippen LogP contribution in [0.25, 0.3) is 5.69 Å². The fourth-order valence-corrected chi connectivity index (χ4v) is 2.68. The molecule has 4 nitrogen and oxygen atoms in total. The van der Waals surface area contributed by atoms with Gasteiger partial charge in [-0.25, -0.2) is 13.5 Å². The second-order valence-corrected chi connectivity index (χ2v) is 6.05. The highest BCUT2D eigenvalue weighted by molar-refractivity contribution is 6.03. The average molecular weight is 339 g/mol. The third-order valence-electron chi connectivity index (χ3n) is 4.14. The number of hydrogen-bond acceptors (Lipinski definition) is 2. The summed E-state index contributed by atoms with van der Waals surface area (Å²) in [7, 11) is 0. The van der Waals surface area contributed by atoms with Gasteiger partial charge >= 0.3 is 0 Å². The number of aromatic nitrogens is 2. The number of benzene rings is 2. The van der Waals surface area contributed by atoms with Crippen molar-refractivity contribution in [1.29, 1.82) is 0 Å². The second-order valence-electron chi connectivity index (χ2n) is 6.05. The summed E-state index contributed by atoms with van der Waals surface area (Å²) in [5.74, 6) is -1.63. The van der Waals surface area contributed by atoms with Gasteiger partial charge in [-0.15, -0.1) is 0 Å². The van der Waals surface area contributed by atoms with Gasteiger partial charge in [-0.05, 0) is 43.2 Å². The molecule has 1 amide bonds. The first kappa shape index (κ1) is 15.5. The van der Waals surface area contributed by atoms with E-state index in [0.29, 0.717) is 11.6 Å². The van der Waals surface area contributed by atoms with Crippen molar-refractivity contribution in [3.05, 3.63) is 77.6 Å². The van der Waals surface area contributed by atoms with E-state index >= 15 is 0 Å². The summed E-state index contributed by atoms with van der Waals surface area (Å²) in [6, 6.07) is 14.1. The van der Waals surface area contributed by atoms with Gasteiger partial charge in [0.15, 0.2) is 0 Å². The van der Waals surface area contributed by atoms with Crippen LogP contribution in [0.5, 0.6) is 0 Å². The van der Waals surface area contributed by atoms with Crippen LogP contribution in [-0.2, 0) is 0 Å². The topological polar surface area (TPSA) is 46.9 Å². The zero-order valence-corrected chi connectivity index (χ0v) is 13.2. The van der Waals surface area contributed by atoms with Crippen LogP contribution < -0.4 is 5.32 Å². The minimum atomic E-state index is -0.818. The molecule has 6 heteroatoms. The lowest BCUT2D eigenvalue weighted by Crippen LogP contribution is -2.17. The number of hydrogen-bond donors (Lipinski definition) is 1. The van der Waals surface area contributed by atoms with E-state index in [1.54, 1.807) is 10.7 Å². The molecule has 1 saturated carbocycles. The van der Waals surface area contributed by atoms with Crippen LogP contribution in [0.3, 0.4) is 0 Å². The summed E-state index contributed by atoms with van der Waals surface area (Å²) < 4.78 is 28.4. The molecule has 3 aromatic rings. The SMILES string of the molecule is O=C(Nc1ccc(F)cc1F)c1cc(C2CC2)nn1-c1ccccc1. The van der Waals surface area contributed by atoms with Crippen molar-refractivity contribution in [1.82, 2.24) is 9.78 Å². The second kappa shape index (κ2) is 6.12. The molecule has 4 rings (SSSR count). The van der Waals surface area contributed by atoms with Crippen LogP contribution in [0.4, 0.5) is 14.5 Å². The summed E-state index contributed by atoms with van der Waals surface area (Å²) >= 11 is 0. The van der Waals surface area contributed by atoms with Crippen LogP contribution in [0.15, 0.2) is 54.6 Å². The molecule has 1 aliphatic rings. The average Bonchev–Trinajstić information content (AvgIpc) is 3.36. The molecule has 0 radical (unpaired) electrons. The molecular weight excluding hydrogens is 324 g/mol. The van der Waals surface area contributed by atoms with Crippen molar-refractivity contribution in [3.63, 3.8) is 0 Å². The molecule has 1 heterocycles. The van der Waals surface area contributed by atoms with Gasteiger partial charge in [-0.3, -0.25) is 4.79 Å². The number of carbonyl (C=O) groups is 1. The number of carbonyl (C=O) groups excluding carboxylic acids is 1. The Morgan fingerprint density at radius 3 is 2.52 bits per heavy atom. The molecule has 25 heavy (non-hydrogen) atoms. The van der Waals surface area contributed by atoms with E-state index in [1.165, 1.54) is 6.07 Å². The van der Waals surface area contributed by atoms with Gasteiger partial charge in [-0.1, -0.05) is 18.2 Å². The first-order valence-corrected chi connectivity index (χ1v) is 8.03. The first-order valence-electron chi connectivity index (χ1n) is 8.03. The molecule has 0 unspecified atom stereocenters. The highest BCUT2D eigenvalue weighted by Gasteiger charge is 2.29. The van der Waals surface area contributed by atoms with Crippen molar-refractivity contribution in [3.8, 4) is 5.69 Å². The molecule has 1 aliphatic carbocycles. The van der Waals surface area contributed by atoms with E-state index in [2.05, 4.69) is 10.4 Å². The Balaban J connectivity index is 1.69. The molecule has 1 fully saturated rings. The van der Waals surface area contributed by atoms with Crippen LogP contribution in [0.1, 0.15) is 34.9 Å². The third kappa shape index (κ3) is 3.15. The minimum Gasteiger partial charge on any atom is -0.318 e. The molecule has 0 bridgehead atoms. The number of amides is 1. The lowest BCUT2D eigenvalue weighted by Gasteiger charge is -2.09. The maximum atomic E-state index is 13.8. The van der Waals surface area contributed by atoms with E-state index in [1.807, 2.05) is 30.3 Å². The Morgan fingerprint density at radius 1 is 1.08 bits per heavy atom. The van der Waals surface area contributed by atoms with Crippen LogP contribution in [0.2, 0.25) is 0 Å². The number of rotatable bonds is 4. The fourth-order valence-electron chi connectivity index (χ4n) is 2.68. The molecule has 0 spiro atoms. The first-order chi connectivity index (χ1) is 12.1. The third-order valence-corrected chi connectivity index (χ3v) is 4.14. The molecule has 1 N–H and O–H groups in total. The van der Waals surface area contributed by atoms with Gasteiger partial charge in [0.05, 0.1) is 17.1 Å².